The van der Waals surface area contributed by atoms with E-state index in [4.69, 9.17) is 10.5 Å². The Kier molecular flexibility index (Phi) is 12.7. The molecule has 0 amide bonds. The maximum absolute atomic E-state index is 11.8. The zero-order valence-electron chi connectivity index (χ0n) is 16.2. The monoisotopic (exact) mass is 493 g/mol. The Morgan fingerprint density at radius 2 is 1.97 bits per heavy atom. The quantitative estimate of drug-likeness (QED) is 0.250. The zero-order valence-corrected chi connectivity index (χ0v) is 23.9. The number of phosphoric ester groups is 1. The summed E-state index contributed by atoms with van der Waals surface area (Å²) in [5.74, 6) is -0.170. The molecule has 2 aromatic heterocycles. The van der Waals surface area contributed by atoms with Crippen LogP contribution in [0.3, 0.4) is 0 Å². The van der Waals surface area contributed by atoms with E-state index in [0.717, 1.165) is 0 Å². The molecule has 0 radical (unpaired) electrons. The number of phosphoric acid groups is 2. The molecule has 0 bridgehead atoms. The molecule has 4 N–H and O–H groups in total. The minimum absolute atomic E-state index is 0. The average Bonchev–Trinajstić information content (AvgIpc) is 3.06. The van der Waals surface area contributed by atoms with E-state index in [-0.39, 0.29) is 112 Å². The van der Waals surface area contributed by atoms with E-state index in [1.165, 1.54) is 10.9 Å². The number of imidazole rings is 1. The molecular weight excluding hydrogens is 481 g/mol. The van der Waals surface area contributed by atoms with Crippen molar-refractivity contribution in [2.75, 3.05) is 12.3 Å². The molecule has 1 fully saturated rings. The smallest absolute Gasteiger partial charge is 0.790 e. The second-order valence-electron chi connectivity index (χ2n) is 5.48. The number of rotatable bonds is 6. The van der Waals surface area contributed by atoms with Gasteiger partial charge in [-0.3, -0.25) is 23.2 Å². The van der Waals surface area contributed by atoms with Crippen molar-refractivity contribution in [1.29, 1.82) is 0 Å². The number of aromatic nitrogens is 4. The van der Waals surface area contributed by atoms with Crippen molar-refractivity contribution in [2.24, 2.45) is 0 Å². The first-order chi connectivity index (χ1) is 12.5. The molecule has 2 aromatic rings. The van der Waals surface area contributed by atoms with Crippen LogP contribution in [0.2, 0.25) is 0 Å². The van der Waals surface area contributed by atoms with E-state index in [1.54, 1.807) is 0 Å². The SMILES string of the molecule is Nc1nc2c(ncn2[C@H]2C[C@H](O)[C@H](COP(=O)([O-])OP(=O)([O-])[O-])O2)c(=O)[nH]1.[Na+].[Na+].[Na+]. The number of anilines is 1. The molecule has 30 heavy (non-hydrogen) atoms. The summed E-state index contributed by atoms with van der Waals surface area (Å²) in [4.78, 5) is 53.8. The first kappa shape index (κ1) is 31.3. The van der Waals surface area contributed by atoms with Gasteiger partial charge in [0.25, 0.3) is 13.4 Å². The topological polar surface area (TPSA) is 241 Å². The van der Waals surface area contributed by atoms with Crippen LogP contribution in [0.25, 0.3) is 11.2 Å². The van der Waals surface area contributed by atoms with Crippen LogP contribution < -0.4 is 115 Å². The summed E-state index contributed by atoms with van der Waals surface area (Å²) in [6.07, 6.45) is -2.17. The van der Waals surface area contributed by atoms with Crippen LogP contribution in [-0.2, 0) is 22.7 Å². The Morgan fingerprint density at radius 1 is 1.33 bits per heavy atom. The summed E-state index contributed by atoms with van der Waals surface area (Å²) in [6, 6.07) is 0. The first-order valence-electron chi connectivity index (χ1n) is 7.20. The molecule has 0 aromatic carbocycles. The third-order valence-electron chi connectivity index (χ3n) is 3.56. The predicted octanol–water partition coefficient (Wildman–Crippen LogP) is -12.3. The molecule has 3 heterocycles. The van der Waals surface area contributed by atoms with Gasteiger partial charge in [0.05, 0.1) is 26.9 Å². The van der Waals surface area contributed by atoms with E-state index in [1.807, 2.05) is 0 Å². The Labute approximate surface area is 234 Å². The van der Waals surface area contributed by atoms with Crippen molar-refractivity contribution in [3.8, 4) is 0 Å². The molecule has 3 rings (SSSR count). The number of aliphatic hydroxyl groups excluding tert-OH is 1. The van der Waals surface area contributed by atoms with Gasteiger partial charge in [-0.05, 0) is 0 Å². The van der Waals surface area contributed by atoms with Gasteiger partial charge in [0.2, 0.25) is 5.95 Å². The number of aliphatic hydroxyl groups is 1. The number of nitrogens with two attached hydrogens (primary N) is 1. The van der Waals surface area contributed by atoms with Gasteiger partial charge < -0.3 is 39.3 Å². The fourth-order valence-electron chi connectivity index (χ4n) is 2.50. The standard InChI is InChI=1S/C10H15N5O10P2.3Na/c11-10-13-8-7(9(17)14-10)12-3-15(8)6-1-4(16)5(24-6)2-23-27(21,22)25-26(18,19)20;;;/h3-6,16H,1-2H2,(H,21,22)(H2,18,19,20)(H3,11,13,14,17);;;/q;3*+1/p-3/t4-,5-,6+;;;/m0.../s1. The minimum Gasteiger partial charge on any atom is -0.790 e. The van der Waals surface area contributed by atoms with Crippen molar-refractivity contribution in [2.45, 2.75) is 24.9 Å². The predicted molar refractivity (Wildman–Crippen MR) is 79.3 cm³/mol. The summed E-state index contributed by atoms with van der Waals surface area (Å²) in [5.41, 5.74) is 4.94. The maximum Gasteiger partial charge on any atom is 1.00 e. The van der Waals surface area contributed by atoms with Gasteiger partial charge in [-0.15, -0.1) is 0 Å². The normalized spacial score (nSPS) is 23.1. The number of fused-ring (bicyclic) bond motifs is 1. The van der Waals surface area contributed by atoms with Crippen molar-refractivity contribution >= 4 is 32.8 Å². The van der Waals surface area contributed by atoms with Crippen LogP contribution in [0.5, 0.6) is 0 Å². The summed E-state index contributed by atoms with van der Waals surface area (Å²) in [5, 5.41) is 10.0. The number of hydrogen-bond acceptors (Lipinski definition) is 13. The van der Waals surface area contributed by atoms with Gasteiger partial charge in [0.1, 0.15) is 12.3 Å². The largest absolute Gasteiger partial charge is 1.00 e. The molecule has 15 nitrogen and oxygen atoms in total. The second-order valence-corrected chi connectivity index (χ2v) is 8.18. The van der Waals surface area contributed by atoms with Crippen LogP contribution >= 0.6 is 15.6 Å². The summed E-state index contributed by atoms with van der Waals surface area (Å²) in [7, 11) is -11.3. The number of H-pyrrole nitrogens is 1. The Hall–Kier alpha value is 1.33. The second kappa shape index (κ2) is 12.2. The third-order valence-corrected chi connectivity index (χ3v) is 5.63. The van der Waals surface area contributed by atoms with E-state index in [0.29, 0.717) is 0 Å². The van der Waals surface area contributed by atoms with Gasteiger partial charge in [0.15, 0.2) is 11.2 Å². The van der Waals surface area contributed by atoms with E-state index < -0.39 is 46.2 Å². The number of aromatic amines is 1. The Balaban J connectivity index is 0.00000280. The molecule has 4 atom stereocenters. The van der Waals surface area contributed by atoms with Crippen LogP contribution in [0, 0.1) is 0 Å². The fraction of sp³-hybridized carbons (Fsp3) is 0.500. The molecule has 1 aliphatic rings. The molecular formula is C10H12N5Na3O10P2. The molecule has 1 saturated heterocycles. The van der Waals surface area contributed by atoms with Crippen LogP contribution in [0.1, 0.15) is 12.6 Å². The number of nitrogens with one attached hydrogen (secondary N) is 1. The molecule has 20 heteroatoms. The van der Waals surface area contributed by atoms with Crippen molar-refractivity contribution in [3.63, 3.8) is 0 Å². The van der Waals surface area contributed by atoms with E-state index in [2.05, 4.69) is 23.8 Å². The molecule has 150 valence electrons. The maximum atomic E-state index is 11.8. The van der Waals surface area contributed by atoms with Crippen LogP contribution in [0.15, 0.2) is 11.1 Å². The molecule has 1 unspecified atom stereocenters. The molecule has 1 aliphatic heterocycles. The van der Waals surface area contributed by atoms with Crippen LogP contribution in [0.4, 0.5) is 5.95 Å². The summed E-state index contributed by atoms with van der Waals surface area (Å²) in [6.45, 7) is -0.818. The number of nitrogens with zero attached hydrogens (tertiary/aromatic N) is 3. The average molecular weight is 493 g/mol. The Bertz CT molecular complexity index is 1010. The van der Waals surface area contributed by atoms with Crippen molar-refractivity contribution in [1.82, 2.24) is 19.5 Å². The van der Waals surface area contributed by atoms with Gasteiger partial charge >= 0.3 is 88.7 Å². The number of nitrogen functional groups attached to an aromatic ring is 1. The first-order valence-corrected chi connectivity index (χ1v) is 10.1. The minimum atomic E-state index is -5.82. The van der Waals surface area contributed by atoms with E-state index >= 15 is 0 Å². The van der Waals surface area contributed by atoms with E-state index in [9.17, 15) is 33.7 Å². The van der Waals surface area contributed by atoms with Gasteiger partial charge in [0, 0.05) is 6.42 Å². The Morgan fingerprint density at radius 3 is 2.57 bits per heavy atom. The van der Waals surface area contributed by atoms with Crippen LogP contribution in [-0.4, -0.2) is 43.4 Å². The molecule has 0 saturated carbocycles. The van der Waals surface area contributed by atoms with Gasteiger partial charge in [-0.1, -0.05) is 0 Å². The van der Waals surface area contributed by atoms with Gasteiger partial charge in [-0.25, -0.2) is 4.98 Å². The molecule has 0 aliphatic carbocycles. The molecule has 0 spiro atoms. The number of ether oxygens (including phenoxy) is 1. The summed E-state index contributed by atoms with van der Waals surface area (Å²) < 4.78 is 35.9. The number of hydrogen-bond donors (Lipinski definition) is 3. The third kappa shape index (κ3) is 7.97. The van der Waals surface area contributed by atoms with Crippen molar-refractivity contribution in [3.05, 3.63) is 16.7 Å². The zero-order chi connectivity index (χ0) is 20.0. The van der Waals surface area contributed by atoms with Gasteiger partial charge in [-0.2, -0.15) is 4.98 Å². The summed E-state index contributed by atoms with van der Waals surface area (Å²) >= 11 is 0. The van der Waals surface area contributed by atoms with Crippen molar-refractivity contribution < 1.29 is 131 Å². The fourth-order valence-corrected chi connectivity index (χ4v) is 4.00.